The minimum Gasteiger partial charge on any atom is -0.494 e. The van der Waals surface area contributed by atoms with Crippen molar-refractivity contribution in [1.29, 1.82) is 5.26 Å². The molecule has 1 atom stereocenters. The van der Waals surface area contributed by atoms with Gasteiger partial charge in [0.15, 0.2) is 0 Å². The van der Waals surface area contributed by atoms with Crippen molar-refractivity contribution in [2.24, 2.45) is 11.8 Å². The molecule has 4 rings (SSSR count). The molecule has 9 heteroatoms. The van der Waals surface area contributed by atoms with E-state index in [2.05, 4.69) is 23.1 Å². The molecule has 2 aromatic rings. The monoisotopic (exact) mass is 504 g/mol. The maximum atomic E-state index is 11.7. The molecule has 2 N–H and O–H groups in total. The van der Waals surface area contributed by atoms with Crippen LogP contribution in [-0.4, -0.2) is 53.5 Å². The highest BCUT2D eigenvalue weighted by molar-refractivity contribution is 5.73. The molecular formula is C27H31F3N2O4. The molecule has 1 heterocycles. The molecular weight excluding hydrogens is 473 g/mol. The summed E-state index contributed by atoms with van der Waals surface area (Å²) in [4.78, 5) is 11.4. The maximum absolute atomic E-state index is 11.7. The Balaban J connectivity index is 0.000000454. The van der Waals surface area contributed by atoms with Crippen molar-refractivity contribution >= 4 is 5.97 Å². The summed E-state index contributed by atoms with van der Waals surface area (Å²) in [5.74, 6) is -1.15. The Labute approximate surface area is 208 Å². The Morgan fingerprint density at radius 3 is 2.06 bits per heavy atom. The van der Waals surface area contributed by atoms with E-state index in [1.807, 2.05) is 30.3 Å². The first-order chi connectivity index (χ1) is 17.1. The molecule has 194 valence electrons. The number of rotatable bonds is 8. The normalized spacial score (nSPS) is 18.3. The SMILES string of the molecule is N#Cc1ccc(OCCCN2CCC(C(O)(c3ccccc3)C3CC3)CC2)cc1.O=C(O)C(F)(F)F. The van der Waals surface area contributed by atoms with Crippen LogP contribution >= 0.6 is 0 Å². The summed E-state index contributed by atoms with van der Waals surface area (Å²) < 4.78 is 37.5. The number of nitriles is 1. The number of aliphatic hydroxyl groups is 1. The Kier molecular flexibility index (Phi) is 9.35. The van der Waals surface area contributed by atoms with E-state index in [0.29, 0.717) is 24.0 Å². The van der Waals surface area contributed by atoms with Crippen LogP contribution in [-0.2, 0) is 10.4 Å². The molecule has 0 radical (unpaired) electrons. The number of nitrogens with zero attached hydrogens (tertiary/aromatic N) is 2. The Morgan fingerprint density at radius 2 is 1.56 bits per heavy atom. The van der Waals surface area contributed by atoms with Crippen LogP contribution in [0.4, 0.5) is 13.2 Å². The number of carboxylic acids is 1. The van der Waals surface area contributed by atoms with Crippen LogP contribution in [0.3, 0.4) is 0 Å². The molecule has 1 saturated carbocycles. The fourth-order valence-corrected chi connectivity index (χ4v) is 4.73. The van der Waals surface area contributed by atoms with Gasteiger partial charge in [-0.3, -0.25) is 0 Å². The number of carbonyl (C=O) groups is 1. The number of hydrogen-bond acceptors (Lipinski definition) is 5. The van der Waals surface area contributed by atoms with Crippen LogP contribution in [0.25, 0.3) is 0 Å². The minimum absolute atomic E-state index is 0.351. The Hall–Kier alpha value is -3.09. The van der Waals surface area contributed by atoms with Gasteiger partial charge in [0.25, 0.3) is 0 Å². The van der Waals surface area contributed by atoms with Gasteiger partial charge in [-0.15, -0.1) is 0 Å². The second-order valence-corrected chi connectivity index (χ2v) is 9.22. The Morgan fingerprint density at radius 1 is 1.00 bits per heavy atom. The standard InChI is InChI=1S/C25H30N2O2.C2HF3O2/c26-19-20-7-11-24(12-8-20)29-18-4-15-27-16-13-23(14-17-27)25(28,22-9-10-22)21-5-2-1-3-6-21;3-2(4,5)1(6)7/h1-3,5-8,11-12,22-23,28H,4,9-10,13-18H2;(H,6,7). The summed E-state index contributed by atoms with van der Waals surface area (Å²) >= 11 is 0. The molecule has 0 amide bonds. The van der Waals surface area contributed by atoms with E-state index in [9.17, 15) is 18.3 Å². The third-order valence-electron chi connectivity index (χ3n) is 6.76. The average Bonchev–Trinajstić information content (AvgIpc) is 3.73. The minimum atomic E-state index is -5.08. The summed E-state index contributed by atoms with van der Waals surface area (Å²) in [5.41, 5.74) is 1.12. The van der Waals surface area contributed by atoms with Gasteiger partial charge in [0.1, 0.15) is 5.75 Å². The smallest absolute Gasteiger partial charge is 0.490 e. The van der Waals surface area contributed by atoms with Gasteiger partial charge < -0.3 is 19.8 Å². The molecule has 36 heavy (non-hydrogen) atoms. The third kappa shape index (κ3) is 7.45. The average molecular weight is 505 g/mol. The summed E-state index contributed by atoms with van der Waals surface area (Å²) in [6, 6.07) is 19.7. The van der Waals surface area contributed by atoms with Gasteiger partial charge in [0.05, 0.1) is 23.8 Å². The molecule has 1 aliphatic heterocycles. The predicted octanol–water partition coefficient (Wildman–Crippen LogP) is 4.97. The number of carboxylic acid groups (broad SMARTS) is 1. The Bertz CT molecular complexity index is 1010. The van der Waals surface area contributed by atoms with E-state index < -0.39 is 17.7 Å². The van der Waals surface area contributed by atoms with Crippen molar-refractivity contribution in [3.8, 4) is 11.8 Å². The van der Waals surface area contributed by atoms with Crippen molar-refractivity contribution in [2.45, 2.75) is 43.9 Å². The van der Waals surface area contributed by atoms with Crippen LogP contribution in [0.5, 0.6) is 5.75 Å². The molecule has 1 saturated heterocycles. The van der Waals surface area contributed by atoms with Gasteiger partial charge in [-0.2, -0.15) is 18.4 Å². The van der Waals surface area contributed by atoms with Crippen molar-refractivity contribution in [3.63, 3.8) is 0 Å². The lowest BCUT2D eigenvalue weighted by Gasteiger charge is -2.42. The highest BCUT2D eigenvalue weighted by Crippen LogP contribution is 2.52. The molecule has 0 bridgehead atoms. The fourth-order valence-electron chi connectivity index (χ4n) is 4.73. The number of likely N-dealkylation sites (tertiary alicyclic amines) is 1. The summed E-state index contributed by atoms with van der Waals surface area (Å²) in [7, 11) is 0. The lowest BCUT2D eigenvalue weighted by atomic mass is 9.73. The number of ether oxygens (including phenoxy) is 1. The van der Waals surface area contributed by atoms with E-state index in [-0.39, 0.29) is 0 Å². The van der Waals surface area contributed by atoms with Crippen molar-refractivity contribution in [3.05, 3.63) is 65.7 Å². The second-order valence-electron chi connectivity index (χ2n) is 9.22. The van der Waals surface area contributed by atoms with Gasteiger partial charge in [-0.25, -0.2) is 4.79 Å². The molecule has 6 nitrogen and oxygen atoms in total. The van der Waals surface area contributed by atoms with Crippen molar-refractivity contribution in [2.75, 3.05) is 26.2 Å². The molecule has 0 spiro atoms. The second kappa shape index (κ2) is 12.2. The topological polar surface area (TPSA) is 93.8 Å². The summed E-state index contributed by atoms with van der Waals surface area (Å²) in [6.45, 7) is 3.80. The lowest BCUT2D eigenvalue weighted by Crippen LogP contribution is -2.45. The van der Waals surface area contributed by atoms with E-state index in [1.54, 1.807) is 12.1 Å². The highest BCUT2D eigenvalue weighted by atomic mass is 19.4. The third-order valence-corrected chi connectivity index (χ3v) is 6.76. The largest absolute Gasteiger partial charge is 0.494 e. The van der Waals surface area contributed by atoms with Gasteiger partial charge >= 0.3 is 12.1 Å². The first-order valence-corrected chi connectivity index (χ1v) is 12.1. The molecule has 0 aromatic heterocycles. The number of aliphatic carboxylic acids is 1. The van der Waals surface area contributed by atoms with Crippen LogP contribution in [0.15, 0.2) is 54.6 Å². The van der Waals surface area contributed by atoms with Gasteiger partial charge in [-0.1, -0.05) is 30.3 Å². The quantitative estimate of drug-likeness (QED) is 0.493. The zero-order valence-corrected chi connectivity index (χ0v) is 20.0. The molecule has 1 aliphatic carbocycles. The van der Waals surface area contributed by atoms with Crippen molar-refractivity contribution < 1.29 is 32.9 Å². The van der Waals surface area contributed by atoms with Crippen LogP contribution in [0.1, 0.15) is 43.2 Å². The van der Waals surface area contributed by atoms with Crippen LogP contribution < -0.4 is 4.74 Å². The van der Waals surface area contributed by atoms with E-state index in [0.717, 1.165) is 63.1 Å². The molecule has 1 unspecified atom stereocenters. The van der Waals surface area contributed by atoms with Gasteiger partial charge in [-0.05, 0) is 86.9 Å². The zero-order chi connectivity index (χ0) is 26.2. The molecule has 2 aromatic carbocycles. The lowest BCUT2D eigenvalue weighted by molar-refractivity contribution is -0.192. The zero-order valence-electron chi connectivity index (χ0n) is 20.0. The fraction of sp³-hybridized carbons (Fsp3) is 0.481. The number of piperidine rings is 1. The van der Waals surface area contributed by atoms with Crippen LogP contribution in [0.2, 0.25) is 0 Å². The van der Waals surface area contributed by atoms with Crippen molar-refractivity contribution in [1.82, 2.24) is 4.90 Å². The maximum Gasteiger partial charge on any atom is 0.490 e. The number of alkyl halides is 3. The number of hydrogen-bond donors (Lipinski definition) is 2. The predicted molar refractivity (Wildman–Crippen MR) is 127 cm³/mol. The molecule has 2 aliphatic rings. The van der Waals surface area contributed by atoms with Gasteiger partial charge in [0, 0.05) is 6.54 Å². The molecule has 2 fully saturated rings. The first-order valence-electron chi connectivity index (χ1n) is 12.1. The van der Waals surface area contributed by atoms with E-state index in [4.69, 9.17) is 19.9 Å². The van der Waals surface area contributed by atoms with E-state index in [1.165, 1.54) is 0 Å². The first kappa shape index (κ1) is 27.5. The number of halogens is 3. The summed E-state index contributed by atoms with van der Waals surface area (Å²) in [5, 5.41) is 27.6. The summed E-state index contributed by atoms with van der Waals surface area (Å²) in [6.07, 6.45) is 0.309. The van der Waals surface area contributed by atoms with Crippen LogP contribution in [0, 0.1) is 23.2 Å². The van der Waals surface area contributed by atoms with Gasteiger partial charge in [0.2, 0.25) is 0 Å². The number of benzene rings is 2. The highest BCUT2D eigenvalue weighted by Gasteiger charge is 2.50. The van der Waals surface area contributed by atoms with E-state index >= 15 is 0 Å².